The van der Waals surface area contributed by atoms with Gasteiger partial charge >= 0.3 is 18.0 Å². The zero-order valence-electron chi connectivity index (χ0n) is 27.0. The van der Waals surface area contributed by atoms with Crippen LogP contribution in [0, 0.1) is 5.92 Å². The third-order valence-electron chi connectivity index (χ3n) is 6.60. The van der Waals surface area contributed by atoms with Crippen LogP contribution in [0.2, 0.25) is 0 Å². The minimum absolute atomic E-state index is 0.00810. The van der Waals surface area contributed by atoms with Gasteiger partial charge in [0.1, 0.15) is 22.7 Å². The first kappa shape index (κ1) is 37.3. The largest absolute Gasteiger partial charge is 0.478 e. The molecule has 266 valence electrons. The third kappa shape index (κ3) is 9.35. The van der Waals surface area contributed by atoms with Crippen molar-refractivity contribution in [2.45, 2.75) is 75.9 Å². The molecule has 20 nitrogen and oxygen atoms in total. The highest BCUT2D eigenvalue weighted by atomic mass is 32.2. The van der Waals surface area contributed by atoms with Crippen molar-refractivity contribution in [3.8, 4) is 0 Å². The van der Waals surface area contributed by atoms with Crippen LogP contribution in [0.1, 0.15) is 46.9 Å². The van der Waals surface area contributed by atoms with Crippen LogP contribution in [0.5, 0.6) is 0 Å². The standard InChI is InChI=1S/C26H35N11O9S3/c1-11(2)16(22(42)43)46-32-13(17-30-23(27)49-33-17)18(38)29-14-19(39)37-15(21(40)41)12(9-47-20(14)37)10-48-24-31-34-35-36(24)8-6-7-28-25(44)45-26(3,4)5/h11,14,16,20H,6-10H2,1-5H3,(H,28,44)(H,29,38)(H,40,41)(H,42,43)(H2,27,30,33)/b32-13+. The zero-order valence-corrected chi connectivity index (χ0v) is 29.4. The molecule has 1 saturated heterocycles. The summed E-state index contributed by atoms with van der Waals surface area (Å²) in [6.07, 6.45) is -1.43. The molecule has 4 rings (SSSR count). The number of hydrogen-bond acceptors (Lipinski definition) is 17. The highest BCUT2D eigenvalue weighted by Crippen LogP contribution is 2.41. The first-order valence-corrected chi connectivity index (χ1v) is 17.5. The van der Waals surface area contributed by atoms with E-state index in [9.17, 15) is 34.2 Å². The molecule has 2 aromatic heterocycles. The normalized spacial score (nSPS) is 18.4. The number of anilines is 1. The number of nitrogen functional groups attached to an aromatic ring is 1. The second kappa shape index (κ2) is 15.8. The highest BCUT2D eigenvalue weighted by Gasteiger charge is 2.54. The van der Waals surface area contributed by atoms with E-state index in [2.05, 4.69) is 40.7 Å². The lowest BCUT2D eigenvalue weighted by molar-refractivity contribution is -0.153. The molecule has 49 heavy (non-hydrogen) atoms. The number of fused-ring (bicyclic) bond motifs is 1. The summed E-state index contributed by atoms with van der Waals surface area (Å²) in [4.78, 5) is 72.6. The SMILES string of the molecule is CC(C)C(O/N=C(/C(=O)NC1C(=O)N2C(C(=O)O)=C(CSc3nnnn3CCCNC(=O)OC(C)(C)C)CSC12)c1nsc(N)n1)C(=O)O. The Morgan fingerprint density at radius 2 is 1.96 bits per heavy atom. The van der Waals surface area contributed by atoms with Crippen LogP contribution in [-0.2, 0) is 35.3 Å². The number of carboxylic acid groups (broad SMARTS) is 2. The van der Waals surface area contributed by atoms with Crippen molar-refractivity contribution >= 4 is 75.7 Å². The molecule has 4 heterocycles. The van der Waals surface area contributed by atoms with Crippen LogP contribution < -0.4 is 16.4 Å². The number of oxime groups is 1. The van der Waals surface area contributed by atoms with E-state index in [1.54, 1.807) is 34.6 Å². The van der Waals surface area contributed by atoms with E-state index in [0.29, 0.717) is 30.2 Å². The fourth-order valence-electron chi connectivity index (χ4n) is 4.41. The Morgan fingerprint density at radius 1 is 1.22 bits per heavy atom. The Hall–Kier alpha value is -4.51. The molecule has 1 fully saturated rings. The van der Waals surface area contributed by atoms with Gasteiger partial charge in [0, 0.05) is 42.0 Å². The minimum Gasteiger partial charge on any atom is -0.478 e. The molecule has 2 aliphatic heterocycles. The Balaban J connectivity index is 1.40. The number of aryl methyl sites for hydroxylation is 1. The molecule has 23 heteroatoms. The van der Waals surface area contributed by atoms with Gasteiger partial charge in [0.2, 0.25) is 22.8 Å². The van der Waals surface area contributed by atoms with Gasteiger partial charge in [0.15, 0.2) is 5.13 Å². The summed E-state index contributed by atoms with van der Waals surface area (Å²) in [6, 6.07) is -1.14. The number of carboxylic acids is 2. The van der Waals surface area contributed by atoms with Crippen molar-refractivity contribution < 1.29 is 43.8 Å². The Kier molecular flexibility index (Phi) is 12.0. The average molecular weight is 742 g/mol. The van der Waals surface area contributed by atoms with Crippen LogP contribution in [0.4, 0.5) is 9.93 Å². The maximum Gasteiger partial charge on any atom is 0.407 e. The number of hydrogen-bond donors (Lipinski definition) is 5. The molecule has 0 saturated carbocycles. The van der Waals surface area contributed by atoms with Crippen molar-refractivity contribution in [1.82, 2.24) is 45.1 Å². The first-order chi connectivity index (χ1) is 23.1. The van der Waals surface area contributed by atoms with Crippen LogP contribution in [0.25, 0.3) is 0 Å². The molecule has 3 amide bonds. The lowest BCUT2D eigenvalue weighted by atomic mass is 10.0. The van der Waals surface area contributed by atoms with Crippen molar-refractivity contribution in [1.29, 1.82) is 0 Å². The maximum absolute atomic E-state index is 13.3. The number of aliphatic carboxylic acids is 2. The van der Waals surface area contributed by atoms with Crippen LogP contribution in [0.15, 0.2) is 21.6 Å². The van der Waals surface area contributed by atoms with E-state index in [0.717, 1.165) is 16.4 Å². The zero-order chi connectivity index (χ0) is 36.0. The molecule has 0 aromatic carbocycles. The topological polar surface area (TPSA) is 279 Å². The van der Waals surface area contributed by atoms with E-state index in [4.69, 9.17) is 15.3 Å². The molecule has 0 bridgehead atoms. The maximum atomic E-state index is 13.3. The molecule has 6 N–H and O–H groups in total. The van der Waals surface area contributed by atoms with Crippen molar-refractivity contribution in [2.75, 3.05) is 23.8 Å². The van der Waals surface area contributed by atoms with Crippen molar-refractivity contribution in [3.63, 3.8) is 0 Å². The molecular weight excluding hydrogens is 707 g/mol. The van der Waals surface area contributed by atoms with Gasteiger partial charge in [0.25, 0.3) is 11.8 Å². The number of nitrogens with one attached hydrogen (secondary N) is 2. The molecule has 0 radical (unpaired) electrons. The number of β-lactam (4-membered cyclic amide) rings is 1. The first-order valence-electron chi connectivity index (χ1n) is 14.7. The summed E-state index contributed by atoms with van der Waals surface area (Å²) in [6.45, 7) is 9.15. The number of nitrogens with two attached hydrogens (primary N) is 1. The number of rotatable bonds is 15. The number of carbonyl (C=O) groups is 5. The summed E-state index contributed by atoms with van der Waals surface area (Å²) in [5.41, 5.74) is 4.77. The second-order valence-corrected chi connectivity index (χ2v) is 14.7. The molecule has 2 aromatic rings. The van der Waals surface area contributed by atoms with Gasteiger partial charge < -0.3 is 36.2 Å². The van der Waals surface area contributed by atoms with Gasteiger partial charge in [-0.05, 0) is 43.2 Å². The molecule has 0 spiro atoms. The molecule has 2 aliphatic rings. The van der Waals surface area contributed by atoms with Crippen molar-refractivity contribution in [2.24, 2.45) is 11.1 Å². The predicted molar refractivity (Wildman–Crippen MR) is 175 cm³/mol. The van der Waals surface area contributed by atoms with Crippen LogP contribution in [0.3, 0.4) is 0 Å². The Morgan fingerprint density at radius 3 is 2.57 bits per heavy atom. The lowest BCUT2D eigenvalue weighted by Crippen LogP contribution is -2.71. The van der Waals surface area contributed by atoms with E-state index in [1.165, 1.54) is 28.2 Å². The van der Waals surface area contributed by atoms with E-state index in [1.807, 2.05) is 0 Å². The van der Waals surface area contributed by atoms with Gasteiger partial charge in [-0.2, -0.15) is 9.36 Å². The summed E-state index contributed by atoms with van der Waals surface area (Å²) >= 11 is 3.20. The number of amides is 3. The quantitative estimate of drug-likeness (QED) is 0.0542. The minimum atomic E-state index is -1.39. The monoisotopic (exact) mass is 741 g/mol. The van der Waals surface area contributed by atoms with Gasteiger partial charge in [-0.1, -0.05) is 30.8 Å². The third-order valence-corrected chi connectivity index (χ3v) is 9.53. The highest BCUT2D eigenvalue weighted by molar-refractivity contribution is 8.01. The number of carbonyl (C=O) groups excluding carboxylic acids is 3. The number of aromatic nitrogens is 6. The molecular formula is C26H35N11O9S3. The molecule has 3 atom stereocenters. The summed E-state index contributed by atoms with van der Waals surface area (Å²) in [7, 11) is 0. The number of thioether (sulfide) groups is 2. The predicted octanol–water partition coefficient (Wildman–Crippen LogP) is 0.382. The number of nitrogens with zero attached hydrogens (tertiary/aromatic N) is 8. The van der Waals surface area contributed by atoms with Crippen molar-refractivity contribution in [3.05, 3.63) is 17.1 Å². The average Bonchev–Trinajstić information content (AvgIpc) is 3.65. The van der Waals surface area contributed by atoms with Crippen LogP contribution in [-0.4, -0.2) is 121 Å². The molecule has 3 unspecified atom stereocenters. The number of tetrazole rings is 1. The number of ether oxygens (including phenoxy) is 1. The summed E-state index contributed by atoms with van der Waals surface area (Å²) in [5.74, 6) is -4.61. The lowest BCUT2D eigenvalue weighted by Gasteiger charge is -2.49. The fourth-order valence-corrected chi connectivity index (χ4v) is 7.23. The molecule has 0 aliphatic carbocycles. The summed E-state index contributed by atoms with van der Waals surface area (Å²) in [5, 5.41) is 39.7. The Labute approximate surface area is 291 Å². The van der Waals surface area contributed by atoms with E-state index in [-0.39, 0.29) is 28.2 Å². The van der Waals surface area contributed by atoms with E-state index >= 15 is 0 Å². The smallest absolute Gasteiger partial charge is 0.407 e. The van der Waals surface area contributed by atoms with Crippen LogP contribution >= 0.6 is 35.1 Å². The van der Waals surface area contributed by atoms with E-state index < -0.39 is 64.6 Å². The van der Waals surface area contributed by atoms with Gasteiger partial charge in [-0.15, -0.1) is 16.9 Å². The van der Waals surface area contributed by atoms with Gasteiger partial charge in [-0.25, -0.2) is 19.1 Å². The van der Waals surface area contributed by atoms with Gasteiger partial charge in [-0.3, -0.25) is 14.5 Å². The Bertz CT molecular complexity index is 1650. The second-order valence-electron chi connectivity index (χ2n) is 11.9. The van der Waals surface area contributed by atoms with Gasteiger partial charge in [0.05, 0.1) is 0 Å². The fraction of sp³-hybridized carbons (Fsp3) is 0.577. The summed E-state index contributed by atoms with van der Waals surface area (Å²) < 4.78 is 10.7. The number of alkyl carbamates (subject to hydrolysis) is 1.